The minimum atomic E-state index is 0.0150. The van der Waals surface area contributed by atoms with E-state index in [0.717, 1.165) is 18.1 Å². The third-order valence-electron chi connectivity index (χ3n) is 3.44. The van der Waals surface area contributed by atoms with Crippen LogP contribution < -0.4 is 0 Å². The van der Waals surface area contributed by atoms with Crippen molar-refractivity contribution >= 4 is 11.3 Å². The van der Waals surface area contributed by atoms with Crippen LogP contribution in [0.2, 0.25) is 0 Å². The van der Waals surface area contributed by atoms with E-state index in [2.05, 4.69) is 20.1 Å². The molecule has 3 aromatic rings. The summed E-state index contributed by atoms with van der Waals surface area (Å²) in [5, 5.41) is 11.1. The monoisotopic (exact) mass is 318 g/mol. The number of hydrogen-bond donors (Lipinski definition) is 0. The Hall–Kier alpha value is -2.03. The first kappa shape index (κ1) is 13.6. The fourth-order valence-electron chi connectivity index (χ4n) is 2.40. The van der Waals surface area contributed by atoms with E-state index in [1.54, 1.807) is 35.9 Å². The molecule has 4 rings (SSSR count). The van der Waals surface area contributed by atoms with Crippen LogP contribution in [0.25, 0.3) is 11.7 Å². The zero-order valence-corrected chi connectivity index (χ0v) is 12.5. The van der Waals surface area contributed by atoms with Crippen molar-refractivity contribution in [2.75, 3.05) is 19.7 Å². The number of nitrogens with zero attached hydrogens (tertiary/aromatic N) is 4. The topological polar surface area (TPSA) is 77.4 Å². The summed E-state index contributed by atoms with van der Waals surface area (Å²) in [6, 6.07) is 3.59. The highest BCUT2D eigenvalue weighted by Crippen LogP contribution is 2.25. The van der Waals surface area contributed by atoms with Gasteiger partial charge >= 0.3 is 0 Å². The van der Waals surface area contributed by atoms with Gasteiger partial charge in [-0.15, -0.1) is 21.5 Å². The molecule has 4 heterocycles. The lowest BCUT2D eigenvalue weighted by Gasteiger charge is -2.30. The summed E-state index contributed by atoms with van der Waals surface area (Å²) >= 11 is 1.61. The van der Waals surface area contributed by atoms with Gasteiger partial charge in [-0.2, -0.15) is 0 Å². The maximum absolute atomic E-state index is 5.78. The second kappa shape index (κ2) is 5.99. The predicted octanol–water partition coefficient (Wildman–Crippen LogP) is 2.36. The molecule has 1 atom stereocenters. The molecule has 0 unspecified atom stereocenters. The van der Waals surface area contributed by atoms with Crippen LogP contribution in [0.1, 0.15) is 17.0 Å². The molecule has 1 fully saturated rings. The first-order valence-electron chi connectivity index (χ1n) is 6.98. The Bertz CT molecular complexity index is 710. The summed E-state index contributed by atoms with van der Waals surface area (Å²) in [5.74, 6) is 1.57. The van der Waals surface area contributed by atoms with Gasteiger partial charge in [0.2, 0.25) is 5.89 Å². The van der Waals surface area contributed by atoms with E-state index < -0.39 is 0 Å². The first-order chi connectivity index (χ1) is 10.9. The van der Waals surface area contributed by atoms with E-state index >= 15 is 0 Å². The van der Waals surface area contributed by atoms with Gasteiger partial charge in [-0.25, -0.2) is 4.98 Å². The number of furan rings is 1. The van der Waals surface area contributed by atoms with Crippen molar-refractivity contribution in [2.45, 2.75) is 12.6 Å². The maximum Gasteiger partial charge on any atom is 0.283 e. The Morgan fingerprint density at radius 1 is 1.36 bits per heavy atom. The normalized spacial score (nSPS) is 19.5. The van der Waals surface area contributed by atoms with Crippen LogP contribution in [-0.4, -0.2) is 39.8 Å². The summed E-state index contributed by atoms with van der Waals surface area (Å²) in [7, 11) is 0. The van der Waals surface area contributed by atoms with Crippen molar-refractivity contribution in [3.8, 4) is 11.7 Å². The quantitative estimate of drug-likeness (QED) is 0.730. The van der Waals surface area contributed by atoms with Gasteiger partial charge < -0.3 is 13.6 Å². The van der Waals surface area contributed by atoms with Crippen LogP contribution in [0.5, 0.6) is 0 Å². The van der Waals surface area contributed by atoms with Crippen molar-refractivity contribution < 1.29 is 13.6 Å². The van der Waals surface area contributed by atoms with E-state index in [1.807, 2.05) is 5.38 Å². The van der Waals surface area contributed by atoms with E-state index in [9.17, 15) is 0 Å². The van der Waals surface area contributed by atoms with Gasteiger partial charge in [-0.1, -0.05) is 0 Å². The van der Waals surface area contributed by atoms with E-state index in [4.69, 9.17) is 13.6 Å². The van der Waals surface area contributed by atoms with E-state index in [0.29, 0.717) is 30.7 Å². The second-order valence-corrected chi connectivity index (χ2v) is 5.87. The molecule has 22 heavy (non-hydrogen) atoms. The standard InChI is InChI=1S/C14H14N4O3S/c1-2-10(19-5-1)13-17-16-12(21-13)9-18-4-6-20-11(8-18)14-15-3-7-22-14/h1-3,5,7,11H,4,6,8-9H2/t11-/m1/s1. The van der Waals surface area contributed by atoms with Crippen molar-refractivity contribution in [1.82, 2.24) is 20.1 Å². The molecule has 0 spiro atoms. The van der Waals surface area contributed by atoms with Crippen molar-refractivity contribution in [2.24, 2.45) is 0 Å². The van der Waals surface area contributed by atoms with Gasteiger partial charge in [-0.3, -0.25) is 4.90 Å². The SMILES string of the molecule is c1coc(-c2nnc(CN3CCO[C@@H](c4nccs4)C3)o2)c1. The molecule has 0 radical (unpaired) electrons. The van der Waals surface area contributed by atoms with E-state index in [1.165, 1.54) is 0 Å². The number of hydrogen-bond acceptors (Lipinski definition) is 8. The van der Waals surface area contributed by atoms with Crippen molar-refractivity contribution in [1.29, 1.82) is 0 Å². The average molecular weight is 318 g/mol. The second-order valence-electron chi connectivity index (χ2n) is 4.94. The highest BCUT2D eigenvalue weighted by molar-refractivity contribution is 7.09. The summed E-state index contributed by atoms with van der Waals surface area (Å²) in [6.45, 7) is 2.87. The smallest absolute Gasteiger partial charge is 0.283 e. The first-order valence-corrected chi connectivity index (χ1v) is 7.86. The molecule has 3 aromatic heterocycles. The third kappa shape index (κ3) is 2.80. The van der Waals surface area contributed by atoms with Crippen molar-refractivity contribution in [3.05, 3.63) is 40.9 Å². The van der Waals surface area contributed by atoms with Gasteiger partial charge in [0.1, 0.15) is 11.1 Å². The molecule has 1 aliphatic rings. The third-order valence-corrected chi connectivity index (χ3v) is 4.30. The lowest BCUT2D eigenvalue weighted by molar-refractivity contribution is -0.0352. The Labute approximate surface area is 130 Å². The molecule has 0 N–H and O–H groups in total. The number of aromatic nitrogens is 3. The minimum absolute atomic E-state index is 0.0150. The summed E-state index contributed by atoms with van der Waals surface area (Å²) in [6.07, 6.45) is 3.40. The number of morpholine rings is 1. The van der Waals surface area contributed by atoms with Crippen LogP contribution in [0.3, 0.4) is 0 Å². The van der Waals surface area contributed by atoms with Crippen LogP contribution in [-0.2, 0) is 11.3 Å². The van der Waals surface area contributed by atoms with Gasteiger partial charge in [0, 0.05) is 24.7 Å². The van der Waals surface area contributed by atoms with Crippen molar-refractivity contribution in [3.63, 3.8) is 0 Å². The molecule has 0 aromatic carbocycles. The molecule has 114 valence electrons. The largest absolute Gasteiger partial charge is 0.459 e. The van der Waals surface area contributed by atoms with Crippen LogP contribution in [0, 0.1) is 0 Å². The van der Waals surface area contributed by atoms with E-state index in [-0.39, 0.29) is 6.10 Å². The molecular weight excluding hydrogens is 304 g/mol. The average Bonchev–Trinajstić information content (AvgIpc) is 3.29. The molecule has 0 saturated carbocycles. The molecule has 1 saturated heterocycles. The van der Waals surface area contributed by atoms with Gasteiger partial charge in [0.15, 0.2) is 5.76 Å². The Morgan fingerprint density at radius 3 is 3.18 bits per heavy atom. The maximum atomic E-state index is 5.78. The van der Waals surface area contributed by atoms with Gasteiger partial charge in [0.25, 0.3) is 5.89 Å². The molecule has 1 aliphatic heterocycles. The molecule has 8 heteroatoms. The zero-order valence-electron chi connectivity index (χ0n) is 11.7. The molecule has 0 aliphatic carbocycles. The predicted molar refractivity (Wildman–Crippen MR) is 78.1 cm³/mol. The Morgan fingerprint density at radius 2 is 2.36 bits per heavy atom. The molecule has 0 bridgehead atoms. The Kier molecular flexibility index (Phi) is 3.71. The van der Waals surface area contributed by atoms with Crippen LogP contribution in [0.15, 0.2) is 38.8 Å². The molecule has 7 nitrogen and oxygen atoms in total. The minimum Gasteiger partial charge on any atom is -0.459 e. The number of rotatable bonds is 4. The zero-order chi connectivity index (χ0) is 14.8. The van der Waals surface area contributed by atoms with Crippen LogP contribution >= 0.6 is 11.3 Å². The number of thiazole rings is 1. The highest BCUT2D eigenvalue weighted by Gasteiger charge is 2.25. The molecular formula is C14H14N4O3S. The summed E-state index contributed by atoms with van der Waals surface area (Å²) in [4.78, 5) is 6.55. The van der Waals surface area contributed by atoms with Crippen LogP contribution in [0.4, 0.5) is 0 Å². The van der Waals surface area contributed by atoms with Gasteiger partial charge in [0.05, 0.1) is 19.4 Å². The number of ether oxygens (including phenoxy) is 1. The van der Waals surface area contributed by atoms with Gasteiger partial charge in [-0.05, 0) is 12.1 Å². The summed E-state index contributed by atoms with van der Waals surface area (Å²) < 4.78 is 16.7. The lowest BCUT2D eigenvalue weighted by Crippen LogP contribution is -2.37. The fraction of sp³-hybridized carbons (Fsp3) is 0.357. The highest BCUT2D eigenvalue weighted by atomic mass is 32.1. The fourth-order valence-corrected chi connectivity index (χ4v) is 3.07. The molecule has 0 amide bonds. The summed E-state index contributed by atoms with van der Waals surface area (Å²) in [5.41, 5.74) is 0. The lowest BCUT2D eigenvalue weighted by atomic mass is 10.3. The Balaban J connectivity index is 1.43.